The largest absolute Gasteiger partial charge is 0.497 e. The van der Waals surface area contributed by atoms with Crippen LogP contribution >= 0.6 is 0 Å². The molecule has 21 heavy (non-hydrogen) atoms. The number of anilines is 1. The van der Waals surface area contributed by atoms with Gasteiger partial charge in [0.15, 0.2) is 5.65 Å². The molecule has 0 aliphatic carbocycles. The number of methoxy groups -OCH3 is 1. The Bertz CT molecular complexity index is 779. The van der Waals surface area contributed by atoms with Gasteiger partial charge in [-0.3, -0.25) is 4.57 Å². The molecule has 0 atom stereocenters. The average molecular weight is 282 g/mol. The first-order valence-corrected chi connectivity index (χ1v) is 6.89. The van der Waals surface area contributed by atoms with Crippen LogP contribution in [-0.2, 0) is 13.0 Å². The standard InChI is InChI=1S/C16H18N4O/c1-11-6-7-14-15(18-11)20(16(17)19-14)9-8-12-4-3-5-13(10-12)21-2/h3-7,10H,8-9H2,1-2H3,(H2,17,19). The maximum absolute atomic E-state index is 6.01. The van der Waals surface area contributed by atoms with Gasteiger partial charge in [0.05, 0.1) is 7.11 Å². The third-order valence-corrected chi connectivity index (χ3v) is 3.52. The van der Waals surface area contributed by atoms with Gasteiger partial charge in [0.25, 0.3) is 0 Å². The zero-order valence-corrected chi connectivity index (χ0v) is 12.2. The second-order valence-corrected chi connectivity index (χ2v) is 5.02. The zero-order valence-electron chi connectivity index (χ0n) is 12.2. The van der Waals surface area contributed by atoms with E-state index in [1.807, 2.05) is 41.8 Å². The van der Waals surface area contributed by atoms with E-state index in [4.69, 9.17) is 10.5 Å². The number of rotatable bonds is 4. The van der Waals surface area contributed by atoms with Crippen molar-refractivity contribution < 1.29 is 4.74 Å². The molecule has 0 saturated carbocycles. The maximum atomic E-state index is 6.01. The molecule has 1 aromatic carbocycles. The summed E-state index contributed by atoms with van der Waals surface area (Å²) in [4.78, 5) is 8.89. The number of nitrogens with two attached hydrogens (primary N) is 1. The van der Waals surface area contributed by atoms with E-state index in [1.54, 1.807) is 7.11 Å². The van der Waals surface area contributed by atoms with Gasteiger partial charge in [-0.2, -0.15) is 0 Å². The second kappa shape index (κ2) is 5.44. The van der Waals surface area contributed by atoms with Crippen LogP contribution in [0.3, 0.4) is 0 Å². The number of imidazole rings is 1. The Morgan fingerprint density at radius 3 is 2.86 bits per heavy atom. The van der Waals surface area contributed by atoms with Gasteiger partial charge in [0.2, 0.25) is 5.95 Å². The molecule has 0 bridgehead atoms. The number of nitrogen functional groups attached to an aromatic ring is 1. The topological polar surface area (TPSA) is 66.0 Å². The van der Waals surface area contributed by atoms with E-state index in [-0.39, 0.29) is 0 Å². The van der Waals surface area contributed by atoms with E-state index in [0.717, 1.165) is 35.6 Å². The lowest BCUT2D eigenvalue weighted by molar-refractivity contribution is 0.414. The van der Waals surface area contributed by atoms with Crippen LogP contribution < -0.4 is 10.5 Å². The fraction of sp³-hybridized carbons (Fsp3) is 0.250. The SMILES string of the molecule is COc1cccc(CCn2c(N)nc3ccc(C)nc32)c1. The molecule has 5 nitrogen and oxygen atoms in total. The maximum Gasteiger partial charge on any atom is 0.202 e. The highest BCUT2D eigenvalue weighted by Gasteiger charge is 2.09. The molecule has 3 aromatic rings. The molecule has 0 saturated heterocycles. The minimum absolute atomic E-state index is 0.506. The molecule has 0 aliphatic rings. The van der Waals surface area contributed by atoms with E-state index in [0.29, 0.717) is 5.95 Å². The summed E-state index contributed by atoms with van der Waals surface area (Å²) >= 11 is 0. The molecule has 2 heterocycles. The highest BCUT2D eigenvalue weighted by Crippen LogP contribution is 2.18. The van der Waals surface area contributed by atoms with Crippen LogP contribution in [0.4, 0.5) is 5.95 Å². The highest BCUT2D eigenvalue weighted by molar-refractivity contribution is 5.74. The lowest BCUT2D eigenvalue weighted by Gasteiger charge is -2.07. The number of hydrogen-bond donors (Lipinski definition) is 1. The monoisotopic (exact) mass is 282 g/mol. The molecule has 5 heteroatoms. The Hall–Kier alpha value is -2.56. The molecule has 2 aromatic heterocycles. The first-order valence-electron chi connectivity index (χ1n) is 6.89. The highest BCUT2D eigenvalue weighted by atomic mass is 16.5. The van der Waals surface area contributed by atoms with Gasteiger partial charge in [-0.05, 0) is 43.2 Å². The Morgan fingerprint density at radius 2 is 2.05 bits per heavy atom. The number of aryl methyl sites for hydroxylation is 3. The number of pyridine rings is 1. The van der Waals surface area contributed by atoms with E-state index >= 15 is 0 Å². The zero-order chi connectivity index (χ0) is 14.8. The summed E-state index contributed by atoms with van der Waals surface area (Å²) in [5.74, 6) is 1.37. The van der Waals surface area contributed by atoms with E-state index in [1.165, 1.54) is 5.56 Å². The van der Waals surface area contributed by atoms with Crippen LogP contribution in [0.15, 0.2) is 36.4 Å². The third kappa shape index (κ3) is 2.67. The molecule has 0 spiro atoms. The van der Waals surface area contributed by atoms with Crippen molar-refractivity contribution in [2.75, 3.05) is 12.8 Å². The summed E-state index contributed by atoms with van der Waals surface area (Å²) in [5, 5.41) is 0. The Morgan fingerprint density at radius 1 is 1.19 bits per heavy atom. The fourth-order valence-corrected chi connectivity index (χ4v) is 2.40. The smallest absolute Gasteiger partial charge is 0.202 e. The van der Waals surface area contributed by atoms with Crippen LogP contribution in [0.25, 0.3) is 11.2 Å². The van der Waals surface area contributed by atoms with Crippen molar-refractivity contribution in [2.24, 2.45) is 0 Å². The van der Waals surface area contributed by atoms with Gasteiger partial charge in [-0.1, -0.05) is 12.1 Å². The predicted molar refractivity (Wildman–Crippen MR) is 83.4 cm³/mol. The lowest BCUT2D eigenvalue weighted by atomic mass is 10.1. The molecule has 0 amide bonds. The Labute approximate surface area is 123 Å². The van der Waals surface area contributed by atoms with Crippen molar-refractivity contribution in [3.63, 3.8) is 0 Å². The number of hydrogen-bond acceptors (Lipinski definition) is 4. The summed E-state index contributed by atoms with van der Waals surface area (Å²) in [6.45, 7) is 2.71. The Balaban J connectivity index is 1.87. The molecule has 0 unspecified atom stereocenters. The quantitative estimate of drug-likeness (QED) is 0.798. The van der Waals surface area contributed by atoms with Gasteiger partial charge >= 0.3 is 0 Å². The van der Waals surface area contributed by atoms with E-state index < -0.39 is 0 Å². The van der Waals surface area contributed by atoms with Gasteiger partial charge < -0.3 is 10.5 Å². The van der Waals surface area contributed by atoms with Crippen LogP contribution in [-0.4, -0.2) is 21.6 Å². The lowest BCUT2D eigenvalue weighted by Crippen LogP contribution is -2.06. The average Bonchev–Trinajstić information content (AvgIpc) is 2.80. The van der Waals surface area contributed by atoms with Crippen molar-refractivity contribution in [2.45, 2.75) is 19.9 Å². The summed E-state index contributed by atoms with van der Waals surface area (Å²) in [5.41, 5.74) is 9.85. The molecular formula is C16H18N4O. The molecule has 2 N–H and O–H groups in total. The summed E-state index contributed by atoms with van der Waals surface area (Å²) in [6.07, 6.45) is 0.850. The normalized spacial score (nSPS) is 11.0. The van der Waals surface area contributed by atoms with Crippen molar-refractivity contribution in [3.8, 4) is 5.75 Å². The minimum Gasteiger partial charge on any atom is -0.497 e. The summed E-state index contributed by atoms with van der Waals surface area (Å²) < 4.78 is 7.21. The first kappa shape index (κ1) is 13.4. The molecule has 108 valence electrons. The van der Waals surface area contributed by atoms with Crippen molar-refractivity contribution in [1.29, 1.82) is 0 Å². The Kier molecular flexibility index (Phi) is 3.48. The minimum atomic E-state index is 0.506. The van der Waals surface area contributed by atoms with Gasteiger partial charge in [0.1, 0.15) is 11.3 Å². The predicted octanol–water partition coefficient (Wildman–Crippen LogP) is 2.57. The van der Waals surface area contributed by atoms with Gasteiger partial charge in [-0.15, -0.1) is 0 Å². The van der Waals surface area contributed by atoms with Crippen LogP contribution in [0.2, 0.25) is 0 Å². The van der Waals surface area contributed by atoms with Gasteiger partial charge in [-0.25, -0.2) is 9.97 Å². The van der Waals surface area contributed by atoms with E-state index in [2.05, 4.69) is 16.0 Å². The number of benzene rings is 1. The second-order valence-electron chi connectivity index (χ2n) is 5.02. The number of aromatic nitrogens is 3. The van der Waals surface area contributed by atoms with Crippen molar-refractivity contribution >= 4 is 17.1 Å². The van der Waals surface area contributed by atoms with Gasteiger partial charge in [0, 0.05) is 12.2 Å². The number of fused-ring (bicyclic) bond motifs is 1. The van der Waals surface area contributed by atoms with E-state index in [9.17, 15) is 0 Å². The molecule has 0 fully saturated rings. The van der Waals surface area contributed by atoms with Crippen LogP contribution in [0.5, 0.6) is 5.75 Å². The van der Waals surface area contributed by atoms with Crippen LogP contribution in [0, 0.1) is 6.92 Å². The summed E-state index contributed by atoms with van der Waals surface area (Å²) in [7, 11) is 1.67. The van der Waals surface area contributed by atoms with Crippen molar-refractivity contribution in [3.05, 3.63) is 47.7 Å². The van der Waals surface area contributed by atoms with Crippen LogP contribution in [0.1, 0.15) is 11.3 Å². The molecule has 0 radical (unpaired) electrons. The fourth-order valence-electron chi connectivity index (χ4n) is 2.40. The van der Waals surface area contributed by atoms with Crippen molar-refractivity contribution in [1.82, 2.24) is 14.5 Å². The first-order chi connectivity index (χ1) is 10.2. The summed E-state index contributed by atoms with van der Waals surface area (Å²) in [6, 6.07) is 11.9. The number of ether oxygens (including phenoxy) is 1. The third-order valence-electron chi connectivity index (χ3n) is 3.52. The molecule has 3 rings (SSSR count). The number of nitrogens with zero attached hydrogens (tertiary/aromatic N) is 3. The molecule has 0 aliphatic heterocycles. The molecular weight excluding hydrogens is 264 g/mol.